The van der Waals surface area contributed by atoms with Gasteiger partial charge >= 0.3 is 5.97 Å². The number of aryl methyl sites for hydroxylation is 1. The molecule has 0 saturated carbocycles. The third kappa shape index (κ3) is 2.79. The largest absolute Gasteiger partial charge is 0.481 e. The summed E-state index contributed by atoms with van der Waals surface area (Å²) in [7, 11) is 0. The second-order valence-corrected chi connectivity index (χ2v) is 5.84. The van der Waals surface area contributed by atoms with E-state index in [-0.39, 0.29) is 12.8 Å². The lowest BCUT2D eigenvalue weighted by Gasteiger charge is -1.89. The SMILES string of the molecule is O=C(O)CCc1nnc(-c2csc(I)c2)o1. The number of hydrogen-bond acceptors (Lipinski definition) is 5. The van der Waals surface area contributed by atoms with Gasteiger partial charge in [-0.3, -0.25) is 4.79 Å². The molecule has 0 bridgehead atoms. The van der Waals surface area contributed by atoms with E-state index in [9.17, 15) is 4.79 Å². The maximum Gasteiger partial charge on any atom is 0.303 e. The minimum atomic E-state index is -0.871. The summed E-state index contributed by atoms with van der Waals surface area (Å²) in [6.45, 7) is 0. The Labute approximate surface area is 109 Å². The third-order valence-corrected chi connectivity index (χ3v) is 3.62. The Hall–Kier alpha value is -0.960. The Morgan fingerprint density at radius 1 is 1.56 bits per heavy atom. The maximum atomic E-state index is 10.4. The molecule has 0 saturated heterocycles. The van der Waals surface area contributed by atoms with Crippen LogP contribution >= 0.6 is 33.9 Å². The van der Waals surface area contributed by atoms with Gasteiger partial charge in [-0.2, -0.15) is 0 Å². The molecule has 0 amide bonds. The number of hydrogen-bond donors (Lipinski definition) is 1. The Bertz CT molecular complexity index is 508. The van der Waals surface area contributed by atoms with Gasteiger partial charge in [0.25, 0.3) is 0 Å². The van der Waals surface area contributed by atoms with Crippen molar-refractivity contribution in [3.05, 3.63) is 20.2 Å². The fourth-order valence-electron chi connectivity index (χ4n) is 1.11. The van der Waals surface area contributed by atoms with Crippen molar-refractivity contribution in [3.8, 4) is 11.5 Å². The summed E-state index contributed by atoms with van der Waals surface area (Å²) >= 11 is 3.80. The van der Waals surface area contributed by atoms with Crippen molar-refractivity contribution in [2.45, 2.75) is 12.8 Å². The van der Waals surface area contributed by atoms with Crippen molar-refractivity contribution in [3.63, 3.8) is 0 Å². The van der Waals surface area contributed by atoms with Crippen molar-refractivity contribution >= 4 is 39.9 Å². The van der Waals surface area contributed by atoms with Crippen LogP contribution in [0.2, 0.25) is 0 Å². The molecule has 5 nitrogen and oxygen atoms in total. The van der Waals surface area contributed by atoms with Gasteiger partial charge in [-0.15, -0.1) is 21.5 Å². The molecule has 2 rings (SSSR count). The molecule has 2 aromatic heterocycles. The summed E-state index contributed by atoms with van der Waals surface area (Å²) in [5.41, 5.74) is 0.878. The first kappa shape index (κ1) is 11.5. The average molecular weight is 350 g/mol. The van der Waals surface area contributed by atoms with E-state index in [0.29, 0.717) is 11.8 Å². The average Bonchev–Trinajstić information content (AvgIpc) is 2.83. The molecule has 2 heterocycles. The first-order valence-electron chi connectivity index (χ1n) is 4.44. The lowest BCUT2D eigenvalue weighted by Crippen LogP contribution is -1.97. The zero-order chi connectivity index (χ0) is 11.5. The number of aromatic nitrogens is 2. The molecule has 84 valence electrons. The number of nitrogens with zero attached hydrogens (tertiary/aromatic N) is 2. The van der Waals surface area contributed by atoms with Crippen LogP contribution in [0.3, 0.4) is 0 Å². The van der Waals surface area contributed by atoms with Gasteiger partial charge in [-0.1, -0.05) is 0 Å². The van der Waals surface area contributed by atoms with Crippen molar-refractivity contribution in [2.75, 3.05) is 0 Å². The molecular weight excluding hydrogens is 343 g/mol. The van der Waals surface area contributed by atoms with E-state index in [0.717, 1.165) is 8.45 Å². The normalized spacial score (nSPS) is 10.6. The van der Waals surface area contributed by atoms with E-state index in [1.54, 1.807) is 11.3 Å². The lowest BCUT2D eigenvalue weighted by atomic mass is 10.3. The lowest BCUT2D eigenvalue weighted by molar-refractivity contribution is -0.137. The molecule has 0 fully saturated rings. The number of rotatable bonds is 4. The van der Waals surface area contributed by atoms with Crippen molar-refractivity contribution in [2.24, 2.45) is 0 Å². The molecule has 0 aliphatic carbocycles. The van der Waals surface area contributed by atoms with Crippen LogP contribution in [0.5, 0.6) is 0 Å². The van der Waals surface area contributed by atoms with Crippen LogP contribution in [0.15, 0.2) is 15.9 Å². The Morgan fingerprint density at radius 2 is 2.38 bits per heavy atom. The van der Waals surface area contributed by atoms with Crippen LogP contribution in [0.4, 0.5) is 0 Å². The monoisotopic (exact) mass is 350 g/mol. The van der Waals surface area contributed by atoms with Crippen LogP contribution in [0.25, 0.3) is 11.5 Å². The van der Waals surface area contributed by atoms with E-state index < -0.39 is 5.97 Å². The summed E-state index contributed by atoms with van der Waals surface area (Å²) in [6, 6.07) is 1.94. The number of thiophene rings is 1. The van der Waals surface area contributed by atoms with Gasteiger partial charge in [-0.25, -0.2) is 0 Å². The minimum absolute atomic E-state index is 0.00278. The summed E-state index contributed by atoms with van der Waals surface area (Å²) in [6.07, 6.45) is 0.270. The van der Waals surface area contributed by atoms with Gasteiger partial charge in [0.15, 0.2) is 0 Å². The van der Waals surface area contributed by atoms with Crippen LogP contribution < -0.4 is 0 Å². The molecule has 0 unspecified atom stereocenters. The number of carboxylic acid groups (broad SMARTS) is 1. The fraction of sp³-hybridized carbons (Fsp3) is 0.222. The zero-order valence-corrected chi connectivity index (χ0v) is 11.0. The molecule has 0 aliphatic rings. The summed E-state index contributed by atoms with van der Waals surface area (Å²) in [5, 5.41) is 18.1. The quantitative estimate of drug-likeness (QED) is 0.857. The molecule has 2 aromatic rings. The summed E-state index contributed by atoms with van der Waals surface area (Å²) < 4.78 is 6.49. The third-order valence-electron chi connectivity index (χ3n) is 1.83. The molecule has 16 heavy (non-hydrogen) atoms. The summed E-state index contributed by atoms with van der Waals surface area (Å²) in [4.78, 5) is 10.4. The molecule has 0 aliphatic heterocycles. The number of halogens is 1. The highest BCUT2D eigenvalue weighted by Gasteiger charge is 2.11. The number of carboxylic acids is 1. The van der Waals surface area contributed by atoms with E-state index in [1.165, 1.54) is 0 Å². The Morgan fingerprint density at radius 3 is 3.00 bits per heavy atom. The Kier molecular flexibility index (Phi) is 3.54. The summed E-state index contributed by atoms with van der Waals surface area (Å²) in [5.74, 6) is -0.0667. The standard InChI is InChI=1S/C9H7IN2O3S/c10-6-3-5(4-16-6)9-12-11-7(15-9)1-2-8(13)14/h3-4H,1-2H2,(H,13,14). The van der Waals surface area contributed by atoms with E-state index in [4.69, 9.17) is 9.52 Å². The highest BCUT2D eigenvalue weighted by Crippen LogP contribution is 2.25. The van der Waals surface area contributed by atoms with E-state index >= 15 is 0 Å². The predicted octanol–water partition coefficient (Wildman–Crippen LogP) is 2.42. The van der Waals surface area contributed by atoms with Crippen molar-refractivity contribution < 1.29 is 14.3 Å². The van der Waals surface area contributed by atoms with Crippen molar-refractivity contribution in [1.29, 1.82) is 0 Å². The molecule has 7 heteroatoms. The smallest absolute Gasteiger partial charge is 0.303 e. The highest BCUT2D eigenvalue weighted by molar-refractivity contribution is 14.1. The fourth-order valence-corrected chi connectivity index (χ4v) is 2.43. The van der Waals surface area contributed by atoms with Crippen LogP contribution in [0, 0.1) is 2.88 Å². The molecule has 0 spiro atoms. The molecule has 0 radical (unpaired) electrons. The second kappa shape index (κ2) is 4.91. The van der Waals surface area contributed by atoms with Gasteiger partial charge < -0.3 is 9.52 Å². The minimum Gasteiger partial charge on any atom is -0.481 e. The second-order valence-electron chi connectivity index (χ2n) is 3.03. The molecule has 0 aromatic carbocycles. The highest BCUT2D eigenvalue weighted by atomic mass is 127. The van der Waals surface area contributed by atoms with Gasteiger partial charge in [0, 0.05) is 11.8 Å². The van der Waals surface area contributed by atoms with Crippen LogP contribution in [-0.2, 0) is 11.2 Å². The topological polar surface area (TPSA) is 76.2 Å². The predicted molar refractivity (Wildman–Crippen MR) is 66.3 cm³/mol. The number of aliphatic carboxylic acids is 1. The first-order valence-corrected chi connectivity index (χ1v) is 6.39. The van der Waals surface area contributed by atoms with Gasteiger partial charge in [0.1, 0.15) is 0 Å². The molecule has 1 N–H and O–H groups in total. The first-order chi connectivity index (χ1) is 7.65. The zero-order valence-electron chi connectivity index (χ0n) is 8.01. The van der Waals surface area contributed by atoms with E-state index in [2.05, 4.69) is 32.8 Å². The maximum absolute atomic E-state index is 10.4. The van der Waals surface area contributed by atoms with Crippen molar-refractivity contribution in [1.82, 2.24) is 10.2 Å². The number of carbonyl (C=O) groups is 1. The van der Waals surface area contributed by atoms with Gasteiger partial charge in [-0.05, 0) is 28.7 Å². The van der Waals surface area contributed by atoms with Crippen LogP contribution in [-0.4, -0.2) is 21.3 Å². The Balaban J connectivity index is 2.10. The molecular formula is C9H7IN2O3S. The molecule has 0 atom stereocenters. The van der Waals surface area contributed by atoms with Gasteiger partial charge in [0.05, 0.1) is 14.9 Å². The van der Waals surface area contributed by atoms with Crippen LogP contribution in [0.1, 0.15) is 12.3 Å². The van der Waals surface area contributed by atoms with Gasteiger partial charge in [0.2, 0.25) is 11.8 Å². The van der Waals surface area contributed by atoms with E-state index in [1.807, 2.05) is 11.4 Å².